The van der Waals surface area contributed by atoms with Crippen LogP contribution in [0.2, 0.25) is 0 Å². The number of sulfonamides is 1. The summed E-state index contributed by atoms with van der Waals surface area (Å²) in [5, 5.41) is 0. The maximum absolute atomic E-state index is 12.1. The molecule has 106 valence electrons. The third-order valence-electron chi connectivity index (χ3n) is 2.41. The molecule has 1 aromatic carbocycles. The summed E-state index contributed by atoms with van der Waals surface area (Å²) in [4.78, 5) is 10.6. The quantitative estimate of drug-likeness (QED) is 0.820. The predicted molar refractivity (Wildman–Crippen MR) is 79.6 cm³/mol. The molecule has 0 aliphatic rings. The van der Waals surface area contributed by atoms with E-state index in [1.807, 2.05) is 13.8 Å². The number of hydrogen-bond acceptors (Lipinski definition) is 5. The van der Waals surface area contributed by atoms with Crippen molar-refractivity contribution in [3.63, 3.8) is 0 Å². The monoisotopic (exact) mass is 356 g/mol. The fraction of sp³-hybridized carbons (Fsp3) is 0.167. The maximum Gasteiger partial charge on any atom is 0.258 e. The first-order chi connectivity index (χ1) is 9.38. The van der Waals surface area contributed by atoms with Crippen molar-refractivity contribution < 1.29 is 8.42 Å². The average molecular weight is 357 g/mol. The minimum absolute atomic E-state index is 0.136. The first-order valence-corrected chi connectivity index (χ1v) is 8.01. The summed E-state index contributed by atoms with van der Waals surface area (Å²) in [6.45, 7) is 3.62. The number of benzene rings is 1. The second kappa shape index (κ2) is 5.86. The van der Waals surface area contributed by atoms with Gasteiger partial charge in [0.05, 0.1) is 4.90 Å². The van der Waals surface area contributed by atoms with Gasteiger partial charge in [-0.1, -0.05) is 12.1 Å². The summed E-state index contributed by atoms with van der Waals surface area (Å²) in [7, 11) is -3.70. The molecule has 1 aromatic heterocycles. The number of nitrogens with one attached hydrogen (secondary N) is 2. The molecule has 0 radical (unpaired) electrons. The molecule has 0 amide bonds. The first-order valence-electron chi connectivity index (χ1n) is 5.73. The number of anilines is 1. The summed E-state index contributed by atoms with van der Waals surface area (Å²) in [5.74, 6) is 0.207. The van der Waals surface area contributed by atoms with Gasteiger partial charge in [-0.25, -0.2) is 18.4 Å². The summed E-state index contributed by atoms with van der Waals surface area (Å²) >= 11 is 3.20. The summed E-state index contributed by atoms with van der Waals surface area (Å²) in [5.41, 5.74) is 4.01. The fourth-order valence-electron chi connectivity index (χ4n) is 1.61. The van der Waals surface area contributed by atoms with E-state index < -0.39 is 10.0 Å². The SMILES string of the molecule is Cc1cc(C)nc(NNS(=O)(=O)c2ccccc2Br)n1. The van der Waals surface area contributed by atoms with Crippen LogP contribution in [0.5, 0.6) is 0 Å². The lowest BCUT2D eigenvalue weighted by Gasteiger charge is -2.10. The van der Waals surface area contributed by atoms with Crippen molar-refractivity contribution in [2.45, 2.75) is 18.7 Å². The van der Waals surface area contributed by atoms with Crippen molar-refractivity contribution in [2.75, 3.05) is 5.43 Å². The highest BCUT2D eigenvalue weighted by Gasteiger charge is 2.17. The molecule has 0 aliphatic carbocycles. The Morgan fingerprint density at radius 2 is 1.70 bits per heavy atom. The van der Waals surface area contributed by atoms with Crippen LogP contribution in [0.15, 0.2) is 39.7 Å². The summed E-state index contributed by atoms with van der Waals surface area (Å²) in [6, 6.07) is 8.34. The Bertz CT molecular complexity index is 714. The first kappa shape index (κ1) is 14.9. The molecule has 0 aliphatic heterocycles. The van der Waals surface area contributed by atoms with Gasteiger partial charge in [-0.3, -0.25) is 5.43 Å². The van der Waals surface area contributed by atoms with Crippen LogP contribution in [-0.4, -0.2) is 18.4 Å². The van der Waals surface area contributed by atoms with E-state index in [1.165, 1.54) is 6.07 Å². The molecular formula is C12H13BrN4O2S. The van der Waals surface area contributed by atoms with Crippen LogP contribution in [0.4, 0.5) is 5.95 Å². The summed E-state index contributed by atoms with van der Waals surface area (Å²) < 4.78 is 24.8. The van der Waals surface area contributed by atoms with Gasteiger partial charge in [0.25, 0.3) is 10.0 Å². The van der Waals surface area contributed by atoms with Crippen molar-refractivity contribution in [3.05, 3.63) is 46.2 Å². The molecule has 0 spiro atoms. The standard InChI is InChI=1S/C12H13BrN4O2S/c1-8-7-9(2)15-12(14-8)16-17-20(18,19)11-6-4-3-5-10(11)13/h3-7,17H,1-2H3,(H,14,15,16). The lowest BCUT2D eigenvalue weighted by Crippen LogP contribution is -2.30. The molecule has 2 rings (SSSR count). The lowest BCUT2D eigenvalue weighted by atomic mass is 10.4. The van der Waals surface area contributed by atoms with Gasteiger partial charge in [-0.15, -0.1) is 4.83 Å². The largest absolute Gasteiger partial charge is 0.276 e. The number of aromatic nitrogens is 2. The molecule has 20 heavy (non-hydrogen) atoms. The third-order valence-corrected chi connectivity index (χ3v) is 4.67. The fourth-order valence-corrected chi connectivity index (χ4v) is 3.45. The molecule has 2 aromatic rings. The van der Waals surface area contributed by atoms with E-state index in [0.29, 0.717) is 4.47 Å². The lowest BCUT2D eigenvalue weighted by molar-refractivity contribution is 0.586. The predicted octanol–water partition coefficient (Wildman–Crippen LogP) is 2.16. The molecule has 2 N–H and O–H groups in total. The van der Waals surface area contributed by atoms with Crippen LogP contribution in [-0.2, 0) is 10.0 Å². The smallest absolute Gasteiger partial charge is 0.258 e. The van der Waals surface area contributed by atoms with Crippen LogP contribution in [0, 0.1) is 13.8 Å². The van der Waals surface area contributed by atoms with E-state index in [9.17, 15) is 8.42 Å². The molecule has 1 heterocycles. The Morgan fingerprint density at radius 3 is 2.30 bits per heavy atom. The summed E-state index contributed by atoms with van der Waals surface area (Å²) in [6.07, 6.45) is 0. The number of rotatable bonds is 4. The minimum atomic E-state index is -3.70. The molecule has 0 fully saturated rings. The molecule has 0 unspecified atom stereocenters. The molecular weight excluding hydrogens is 344 g/mol. The maximum atomic E-state index is 12.1. The third kappa shape index (κ3) is 3.53. The molecule has 6 nitrogen and oxygen atoms in total. The normalized spacial score (nSPS) is 11.3. The van der Waals surface area contributed by atoms with Crippen molar-refractivity contribution in [2.24, 2.45) is 0 Å². The van der Waals surface area contributed by atoms with E-state index in [0.717, 1.165) is 11.4 Å². The number of nitrogens with zero attached hydrogens (tertiary/aromatic N) is 2. The van der Waals surface area contributed by atoms with Crippen LogP contribution in [0.3, 0.4) is 0 Å². The average Bonchev–Trinajstić information content (AvgIpc) is 2.36. The number of halogens is 1. The topological polar surface area (TPSA) is 84.0 Å². The molecule has 8 heteroatoms. The van der Waals surface area contributed by atoms with Crippen molar-refractivity contribution in [1.29, 1.82) is 0 Å². The van der Waals surface area contributed by atoms with E-state index in [1.54, 1.807) is 24.3 Å². The van der Waals surface area contributed by atoms with Crippen LogP contribution in [0.25, 0.3) is 0 Å². The van der Waals surface area contributed by atoms with Gasteiger partial charge in [0, 0.05) is 15.9 Å². The van der Waals surface area contributed by atoms with Gasteiger partial charge >= 0.3 is 0 Å². The van der Waals surface area contributed by atoms with Crippen molar-refractivity contribution in [1.82, 2.24) is 14.8 Å². The van der Waals surface area contributed by atoms with Gasteiger partial charge in [-0.05, 0) is 48.0 Å². The highest BCUT2D eigenvalue weighted by molar-refractivity contribution is 9.10. The van der Waals surface area contributed by atoms with Gasteiger partial charge in [0.2, 0.25) is 5.95 Å². The van der Waals surface area contributed by atoms with E-state index in [2.05, 4.69) is 36.2 Å². The molecule has 0 saturated carbocycles. The Labute approximate surface area is 125 Å². The second-order valence-electron chi connectivity index (χ2n) is 4.14. The minimum Gasteiger partial charge on any atom is -0.276 e. The van der Waals surface area contributed by atoms with Crippen LogP contribution >= 0.6 is 15.9 Å². The van der Waals surface area contributed by atoms with Gasteiger partial charge in [0.1, 0.15) is 0 Å². The number of hydrogen-bond donors (Lipinski definition) is 2. The van der Waals surface area contributed by atoms with Gasteiger partial charge in [-0.2, -0.15) is 0 Å². The zero-order valence-electron chi connectivity index (χ0n) is 10.9. The molecule has 0 saturated heterocycles. The van der Waals surface area contributed by atoms with E-state index in [-0.39, 0.29) is 10.8 Å². The highest BCUT2D eigenvalue weighted by atomic mass is 79.9. The number of aryl methyl sites for hydroxylation is 2. The zero-order chi connectivity index (χ0) is 14.8. The molecule has 0 bridgehead atoms. The Hall–Kier alpha value is -1.51. The Kier molecular flexibility index (Phi) is 4.36. The van der Waals surface area contributed by atoms with Crippen molar-refractivity contribution >= 4 is 31.9 Å². The van der Waals surface area contributed by atoms with Gasteiger partial charge < -0.3 is 0 Å². The van der Waals surface area contributed by atoms with Crippen molar-refractivity contribution in [3.8, 4) is 0 Å². The van der Waals surface area contributed by atoms with E-state index in [4.69, 9.17) is 0 Å². The number of hydrazine groups is 1. The van der Waals surface area contributed by atoms with Gasteiger partial charge in [0.15, 0.2) is 0 Å². The molecule has 0 atom stereocenters. The Balaban J connectivity index is 2.20. The van der Waals surface area contributed by atoms with Crippen LogP contribution in [0.1, 0.15) is 11.4 Å². The zero-order valence-corrected chi connectivity index (χ0v) is 13.3. The second-order valence-corrected chi connectivity index (χ2v) is 6.64. The van der Waals surface area contributed by atoms with Crippen LogP contribution < -0.4 is 10.3 Å². The van der Waals surface area contributed by atoms with E-state index >= 15 is 0 Å². The highest BCUT2D eigenvalue weighted by Crippen LogP contribution is 2.20. The Morgan fingerprint density at radius 1 is 1.10 bits per heavy atom.